The molecule has 0 heterocycles. The van der Waals surface area contributed by atoms with Crippen molar-refractivity contribution in [2.45, 2.75) is 83.0 Å². The molecule has 150 valence electrons. The van der Waals surface area contributed by atoms with Gasteiger partial charge in [-0.15, -0.1) is 0 Å². The van der Waals surface area contributed by atoms with Gasteiger partial charge in [0.1, 0.15) is 0 Å². The van der Waals surface area contributed by atoms with E-state index in [9.17, 15) is 8.78 Å². The van der Waals surface area contributed by atoms with Crippen molar-refractivity contribution in [2.24, 2.45) is 5.92 Å². The van der Waals surface area contributed by atoms with E-state index in [-0.39, 0.29) is 0 Å². The number of rotatable bonds is 5. The molecule has 0 radical (unpaired) electrons. The fourth-order valence-corrected chi connectivity index (χ4v) is 5.35. The summed E-state index contributed by atoms with van der Waals surface area (Å²) in [6, 6.07) is 12.0. The molecule has 2 aliphatic rings. The topological polar surface area (TPSA) is 0 Å². The third kappa shape index (κ3) is 4.31. The van der Waals surface area contributed by atoms with Crippen LogP contribution in [0, 0.1) is 17.6 Å². The summed E-state index contributed by atoms with van der Waals surface area (Å²) in [5.74, 6) is 0.644. The third-order valence-electron chi connectivity index (χ3n) is 7.16. The van der Waals surface area contributed by atoms with Gasteiger partial charge >= 0.3 is 0 Å². The van der Waals surface area contributed by atoms with Crippen LogP contribution in [0.25, 0.3) is 0 Å². The zero-order chi connectivity index (χ0) is 19.5. The van der Waals surface area contributed by atoms with Crippen molar-refractivity contribution in [2.75, 3.05) is 0 Å². The Labute approximate surface area is 168 Å². The third-order valence-corrected chi connectivity index (χ3v) is 7.16. The summed E-state index contributed by atoms with van der Waals surface area (Å²) in [5, 5.41) is 0. The smallest absolute Gasteiger partial charge is 0.159 e. The Kier molecular flexibility index (Phi) is 6.13. The molecular formula is C26H32F2. The lowest BCUT2D eigenvalue weighted by molar-refractivity contribution is 0.304. The van der Waals surface area contributed by atoms with Crippen molar-refractivity contribution in [3.8, 4) is 0 Å². The van der Waals surface area contributed by atoms with Crippen LogP contribution in [0.4, 0.5) is 8.78 Å². The number of halogens is 2. The van der Waals surface area contributed by atoms with Gasteiger partial charge in [0, 0.05) is 0 Å². The maximum absolute atomic E-state index is 13.6. The summed E-state index contributed by atoms with van der Waals surface area (Å²) in [4.78, 5) is 0. The second-order valence-electron chi connectivity index (χ2n) is 9.00. The Morgan fingerprint density at radius 1 is 0.786 bits per heavy atom. The summed E-state index contributed by atoms with van der Waals surface area (Å²) >= 11 is 0. The van der Waals surface area contributed by atoms with Crippen LogP contribution in [0.1, 0.15) is 92.4 Å². The van der Waals surface area contributed by atoms with E-state index in [0.717, 1.165) is 42.2 Å². The highest BCUT2D eigenvalue weighted by atomic mass is 19.2. The zero-order valence-electron chi connectivity index (χ0n) is 17.0. The van der Waals surface area contributed by atoms with Gasteiger partial charge in [-0.2, -0.15) is 0 Å². The number of fused-ring (bicyclic) bond motifs is 1. The molecule has 1 atom stereocenters. The maximum Gasteiger partial charge on any atom is 0.159 e. The highest BCUT2D eigenvalue weighted by Crippen LogP contribution is 2.39. The SMILES string of the molecule is CCCCC1CCC(c2ccc(C3CCc4cc(F)c(F)cc4C3)cc2)CC1. The molecule has 4 rings (SSSR count). The first-order valence-corrected chi connectivity index (χ1v) is 11.2. The average molecular weight is 383 g/mol. The summed E-state index contributed by atoms with van der Waals surface area (Å²) < 4.78 is 27.1. The van der Waals surface area contributed by atoms with Crippen molar-refractivity contribution < 1.29 is 8.78 Å². The van der Waals surface area contributed by atoms with Crippen molar-refractivity contribution in [3.05, 3.63) is 70.3 Å². The van der Waals surface area contributed by atoms with Gasteiger partial charge in [0.2, 0.25) is 0 Å². The van der Waals surface area contributed by atoms with Gasteiger partial charge in [-0.05, 0) is 97.1 Å². The summed E-state index contributed by atoms with van der Waals surface area (Å²) in [6.07, 6.45) is 12.2. The average Bonchev–Trinajstić information content (AvgIpc) is 2.73. The lowest BCUT2D eigenvalue weighted by Crippen LogP contribution is -2.15. The van der Waals surface area contributed by atoms with Gasteiger partial charge in [0.25, 0.3) is 0 Å². The Morgan fingerprint density at radius 3 is 2.04 bits per heavy atom. The van der Waals surface area contributed by atoms with E-state index in [4.69, 9.17) is 0 Å². The molecule has 2 aromatic carbocycles. The lowest BCUT2D eigenvalue weighted by Gasteiger charge is -2.29. The predicted octanol–water partition coefficient (Wildman–Crippen LogP) is 7.70. The molecule has 0 bridgehead atoms. The van der Waals surface area contributed by atoms with E-state index >= 15 is 0 Å². The fraction of sp³-hybridized carbons (Fsp3) is 0.538. The van der Waals surface area contributed by atoms with E-state index in [1.54, 1.807) is 0 Å². The van der Waals surface area contributed by atoms with Gasteiger partial charge in [0.15, 0.2) is 11.6 Å². The predicted molar refractivity (Wildman–Crippen MR) is 112 cm³/mol. The van der Waals surface area contributed by atoms with Gasteiger partial charge in [-0.3, -0.25) is 0 Å². The number of benzene rings is 2. The summed E-state index contributed by atoms with van der Waals surface area (Å²) in [5.41, 5.74) is 4.79. The van der Waals surface area contributed by atoms with E-state index in [1.807, 2.05) is 0 Å². The van der Waals surface area contributed by atoms with E-state index in [1.165, 1.54) is 68.2 Å². The first-order valence-electron chi connectivity index (χ1n) is 11.2. The van der Waals surface area contributed by atoms with E-state index in [2.05, 4.69) is 31.2 Å². The van der Waals surface area contributed by atoms with E-state index < -0.39 is 11.6 Å². The minimum Gasteiger partial charge on any atom is -0.204 e. The van der Waals surface area contributed by atoms with Crippen molar-refractivity contribution >= 4 is 0 Å². The number of aryl methyl sites for hydroxylation is 1. The highest BCUT2D eigenvalue weighted by Gasteiger charge is 2.24. The van der Waals surface area contributed by atoms with Crippen LogP contribution < -0.4 is 0 Å². The van der Waals surface area contributed by atoms with Crippen molar-refractivity contribution in [1.82, 2.24) is 0 Å². The molecule has 0 aliphatic heterocycles. The molecule has 2 aromatic rings. The quantitative estimate of drug-likeness (QED) is 0.497. The molecule has 0 aromatic heterocycles. The minimum absolute atomic E-state index is 0.413. The van der Waals surface area contributed by atoms with Crippen LogP contribution in [0.3, 0.4) is 0 Å². The van der Waals surface area contributed by atoms with Crippen LogP contribution in [-0.2, 0) is 12.8 Å². The van der Waals surface area contributed by atoms with Crippen LogP contribution in [0.2, 0.25) is 0 Å². The zero-order valence-corrected chi connectivity index (χ0v) is 17.0. The normalized spacial score (nSPS) is 24.8. The fourth-order valence-electron chi connectivity index (χ4n) is 5.35. The van der Waals surface area contributed by atoms with E-state index in [0.29, 0.717) is 5.92 Å². The highest BCUT2D eigenvalue weighted by molar-refractivity contribution is 5.36. The van der Waals surface area contributed by atoms with Gasteiger partial charge in [0.05, 0.1) is 0 Å². The van der Waals surface area contributed by atoms with Crippen LogP contribution >= 0.6 is 0 Å². The van der Waals surface area contributed by atoms with Gasteiger partial charge < -0.3 is 0 Å². The molecule has 28 heavy (non-hydrogen) atoms. The molecule has 1 fully saturated rings. The summed E-state index contributed by atoms with van der Waals surface area (Å²) in [7, 11) is 0. The number of hydrogen-bond donors (Lipinski definition) is 0. The first kappa shape index (κ1) is 19.6. The molecule has 1 unspecified atom stereocenters. The molecule has 0 spiro atoms. The standard InChI is InChI=1S/C26H32F2/c1-2-3-4-18-5-7-19(8-6-18)20-9-11-21(12-10-20)22-13-14-23-16-25(27)26(28)17-24(23)15-22/h9-12,16-19,22H,2-8,13-15H2,1H3. The van der Waals surface area contributed by atoms with Crippen molar-refractivity contribution in [3.63, 3.8) is 0 Å². The van der Waals surface area contributed by atoms with Crippen LogP contribution in [-0.4, -0.2) is 0 Å². The molecule has 0 saturated heterocycles. The monoisotopic (exact) mass is 382 g/mol. The Bertz CT molecular complexity index is 785. The molecule has 0 amide bonds. The molecule has 0 N–H and O–H groups in total. The van der Waals surface area contributed by atoms with Gasteiger partial charge in [-0.1, -0.05) is 50.5 Å². The Balaban J connectivity index is 1.38. The largest absolute Gasteiger partial charge is 0.204 e. The Morgan fingerprint density at radius 2 is 1.39 bits per heavy atom. The molecule has 2 aliphatic carbocycles. The summed E-state index contributed by atoms with van der Waals surface area (Å²) in [6.45, 7) is 2.28. The maximum atomic E-state index is 13.6. The molecule has 2 heteroatoms. The second kappa shape index (κ2) is 8.76. The Hall–Kier alpha value is -1.70. The molecule has 1 saturated carbocycles. The number of unbranched alkanes of at least 4 members (excludes halogenated alkanes) is 1. The second-order valence-corrected chi connectivity index (χ2v) is 9.00. The molecule has 0 nitrogen and oxygen atoms in total. The lowest BCUT2D eigenvalue weighted by atomic mass is 9.76. The first-order chi connectivity index (χ1) is 13.6. The molecular weight excluding hydrogens is 350 g/mol. The van der Waals surface area contributed by atoms with Gasteiger partial charge in [-0.25, -0.2) is 8.78 Å². The van der Waals surface area contributed by atoms with Crippen molar-refractivity contribution in [1.29, 1.82) is 0 Å². The number of hydrogen-bond acceptors (Lipinski definition) is 0. The van der Waals surface area contributed by atoms with Crippen LogP contribution in [0.5, 0.6) is 0 Å². The van der Waals surface area contributed by atoms with Crippen LogP contribution in [0.15, 0.2) is 36.4 Å². The minimum atomic E-state index is -0.718.